The second-order valence-corrected chi connectivity index (χ2v) is 41.0. The van der Waals surface area contributed by atoms with Crippen LogP contribution in [0.5, 0.6) is 46.0 Å². The summed E-state index contributed by atoms with van der Waals surface area (Å²) in [6.45, 7) is 29.4. The zero-order valence-electron chi connectivity index (χ0n) is 77.0. The molecule has 6 aliphatic heterocycles. The van der Waals surface area contributed by atoms with Crippen molar-refractivity contribution in [2.75, 3.05) is 39.5 Å². The number of amides is 6. The number of epoxide rings is 4. The largest absolute Gasteiger partial charge is 0.457 e. The molecule has 128 heavy (non-hydrogen) atoms. The standard InChI is InChI=1S/C108H130N6O14/c1-59(2)67-27-37-77(38-28-67)125-89-49-85-93-86(104(116)113(103(85)115)101(63(9)10)107(119)111(73-21-13-17-65(45-73)25-35-81-55-121-81)74-22-14-18-66(46-74)26-36-82-56-122-82)50-90(126-78-39-29-68(30-40-78)60(3)4)96-98-92(128-80-43-33-70(34-44-80)62(7)8)52-88-94-87(51-91(97(100(94)98)95(89)99(93)96)127-79-41-31-69(32-42-79)61(5)6)105(117)114(106(88)118)102(64(11)12)108(120)112(75-23-15-19-71(47-75)109-53-83-57-123-83)76-24-16-20-72(48-76)110-54-84-58-124-84/h27-34,37-44,49-52,59-66,71-76,81-84,101-102,109-110H,13-26,35-36,45-48,53-58H2,1-12H3. The monoisotopic (exact) mass is 1730 g/mol. The van der Waals surface area contributed by atoms with Gasteiger partial charge in [-0.15, -0.1) is 0 Å². The lowest BCUT2D eigenvalue weighted by atomic mass is 9.77. The molecule has 4 aliphatic carbocycles. The molecule has 6 heterocycles. The smallest absolute Gasteiger partial charge is 0.262 e. The van der Waals surface area contributed by atoms with Gasteiger partial charge >= 0.3 is 0 Å². The molecule has 676 valence electrons. The van der Waals surface area contributed by atoms with Gasteiger partial charge in [0.15, 0.2) is 0 Å². The molecule has 20 heteroatoms. The van der Waals surface area contributed by atoms with E-state index in [4.69, 9.17) is 37.9 Å². The number of carbonyl (C=O) groups excluding carboxylic acids is 6. The summed E-state index contributed by atoms with van der Waals surface area (Å²) < 4.78 is 53.3. The van der Waals surface area contributed by atoms with Crippen LogP contribution < -0.4 is 29.6 Å². The maximum Gasteiger partial charge on any atom is 0.262 e. The van der Waals surface area contributed by atoms with E-state index in [0.29, 0.717) is 80.0 Å². The van der Waals surface area contributed by atoms with Crippen LogP contribution in [0.2, 0.25) is 0 Å². The number of carbonyl (C=O) groups is 6. The molecule has 0 bridgehead atoms. The maximum atomic E-state index is 17.4. The summed E-state index contributed by atoms with van der Waals surface area (Å²) in [6.07, 6.45) is 18.9. The summed E-state index contributed by atoms with van der Waals surface area (Å²) >= 11 is 0. The maximum absolute atomic E-state index is 17.4. The van der Waals surface area contributed by atoms with Crippen molar-refractivity contribution < 1.29 is 66.7 Å². The number of hydrogen-bond donors (Lipinski definition) is 2. The highest BCUT2D eigenvalue weighted by Gasteiger charge is 2.52. The lowest BCUT2D eigenvalue weighted by molar-refractivity contribution is -0.145. The first-order valence-electron chi connectivity index (χ1n) is 48.7. The predicted octanol–water partition coefficient (Wildman–Crippen LogP) is 22.4. The highest BCUT2D eigenvalue weighted by Crippen LogP contribution is 2.59. The third-order valence-corrected chi connectivity index (χ3v) is 29.9. The zero-order chi connectivity index (χ0) is 88.8. The molecule has 6 amide bonds. The Balaban J connectivity index is 0.854. The molecule has 9 aromatic rings. The number of fused-ring (bicyclic) bond motifs is 2. The fourth-order valence-corrected chi connectivity index (χ4v) is 22.6. The van der Waals surface area contributed by atoms with Crippen LogP contribution in [-0.2, 0) is 28.5 Å². The van der Waals surface area contributed by atoms with Crippen molar-refractivity contribution in [3.8, 4) is 46.0 Å². The van der Waals surface area contributed by atoms with E-state index in [-0.39, 0.29) is 152 Å². The van der Waals surface area contributed by atoms with Gasteiger partial charge in [0.2, 0.25) is 11.8 Å². The number of nitrogens with one attached hydrogen (secondary N) is 2. The Labute approximate surface area is 754 Å². The normalized spacial score (nSPS) is 25.0. The van der Waals surface area contributed by atoms with Crippen LogP contribution in [0.25, 0.3) is 43.1 Å². The fourth-order valence-electron chi connectivity index (χ4n) is 22.6. The Bertz CT molecular complexity index is 4980. The Morgan fingerprint density at radius 2 is 0.609 bits per heavy atom. The van der Waals surface area contributed by atoms with Gasteiger partial charge in [-0.3, -0.25) is 38.6 Å². The Hall–Kier alpha value is -9.54. The molecule has 0 radical (unpaired) electrons. The van der Waals surface area contributed by atoms with Crippen molar-refractivity contribution in [2.45, 2.75) is 308 Å². The van der Waals surface area contributed by atoms with Crippen LogP contribution in [0.3, 0.4) is 0 Å². The third kappa shape index (κ3) is 17.9. The Kier molecular flexibility index (Phi) is 25.1. The second-order valence-electron chi connectivity index (χ2n) is 41.0. The number of rotatable bonds is 34. The average molecular weight is 1740 g/mol. The minimum absolute atomic E-state index is 0.111. The van der Waals surface area contributed by atoms with E-state index in [1.807, 2.05) is 125 Å². The molecule has 8 fully saturated rings. The van der Waals surface area contributed by atoms with Gasteiger partial charge in [0.05, 0.1) is 73.1 Å². The van der Waals surface area contributed by atoms with Crippen molar-refractivity contribution in [3.05, 3.63) is 166 Å². The second kappa shape index (κ2) is 36.7. The summed E-state index contributed by atoms with van der Waals surface area (Å²) in [5.74, 6) is -0.417. The minimum atomic E-state index is -1.29. The van der Waals surface area contributed by atoms with E-state index in [1.54, 1.807) is 24.3 Å². The van der Waals surface area contributed by atoms with Crippen LogP contribution in [-0.4, -0.2) is 167 Å². The first kappa shape index (κ1) is 87.8. The Morgan fingerprint density at radius 1 is 0.344 bits per heavy atom. The summed E-state index contributed by atoms with van der Waals surface area (Å²) in [6, 6.07) is 35.7. The van der Waals surface area contributed by atoms with Crippen LogP contribution in [0.4, 0.5) is 0 Å². The average Bonchev–Trinajstić information content (AvgIpc) is 1.08. The van der Waals surface area contributed by atoms with E-state index in [1.165, 1.54) is 9.80 Å². The van der Waals surface area contributed by atoms with Gasteiger partial charge in [-0.05, 0) is 245 Å². The molecular formula is C108H130N6O14. The van der Waals surface area contributed by atoms with E-state index >= 15 is 28.8 Å². The zero-order valence-corrected chi connectivity index (χ0v) is 77.0. The first-order valence-corrected chi connectivity index (χ1v) is 48.7. The molecule has 20 nitrogen and oxygen atoms in total. The summed E-state index contributed by atoms with van der Waals surface area (Å²) in [4.78, 5) is 111. The molecular weight excluding hydrogens is 1610 g/mol. The van der Waals surface area contributed by atoms with Gasteiger partial charge in [0.1, 0.15) is 58.1 Å². The SMILES string of the molecule is CC(C)c1ccc(Oc2cc3c4c(cc(Oc5ccc(C(C)C)cc5)c5c6c(Oc7ccc(C(C)C)cc7)cc7c8c(cc(Oc9ccc(C(C)C)cc9)c(c2c45)c86)C(=O)N(C(C(=O)N(C2CCCC(NCC4CO4)C2)C2CCCC(NCC4CO4)C2)C(C)C)C7=O)C(=O)N(C(C(=O)N(C2CCCC(CCC4CO4)C2)C2CCCC(CCC4CO4)C2)C(C)C)C3=O)cc1. The highest BCUT2D eigenvalue weighted by atomic mass is 16.6. The van der Waals surface area contributed by atoms with Crippen molar-refractivity contribution in [2.24, 2.45) is 23.7 Å². The Morgan fingerprint density at radius 3 is 0.867 bits per heavy atom. The van der Waals surface area contributed by atoms with E-state index in [9.17, 15) is 0 Å². The fraction of sp³-hybridized carbons (Fsp3) is 0.537. The molecule has 19 rings (SSSR count). The number of benzene rings is 9. The molecule has 4 saturated heterocycles. The van der Waals surface area contributed by atoms with Gasteiger partial charge in [-0.2, -0.15) is 0 Å². The van der Waals surface area contributed by atoms with Crippen LogP contribution in [0.15, 0.2) is 121 Å². The minimum Gasteiger partial charge on any atom is -0.457 e. The van der Waals surface area contributed by atoms with Gasteiger partial charge in [0.25, 0.3) is 23.6 Å². The van der Waals surface area contributed by atoms with Crippen LogP contribution in [0.1, 0.15) is 299 Å². The van der Waals surface area contributed by atoms with E-state index in [0.717, 1.165) is 177 Å². The van der Waals surface area contributed by atoms with Gasteiger partial charge < -0.3 is 58.3 Å². The van der Waals surface area contributed by atoms with Crippen LogP contribution >= 0.6 is 0 Å². The summed E-state index contributed by atoms with van der Waals surface area (Å²) in [5, 5.41) is 10.5. The highest BCUT2D eigenvalue weighted by molar-refractivity contribution is 6.45. The summed E-state index contributed by atoms with van der Waals surface area (Å²) in [5.41, 5.74) is 4.74. The predicted molar refractivity (Wildman–Crippen MR) is 499 cm³/mol. The van der Waals surface area contributed by atoms with Gasteiger partial charge in [-0.25, -0.2) is 0 Å². The van der Waals surface area contributed by atoms with Crippen molar-refractivity contribution >= 4 is 78.5 Å². The van der Waals surface area contributed by atoms with Gasteiger partial charge in [0, 0.05) is 92.4 Å². The van der Waals surface area contributed by atoms with Crippen LogP contribution in [0, 0.1) is 23.7 Å². The lowest BCUT2D eigenvalue weighted by Gasteiger charge is -2.48. The number of ether oxygens (including phenoxy) is 8. The molecule has 9 aromatic carbocycles. The van der Waals surface area contributed by atoms with Crippen molar-refractivity contribution in [1.29, 1.82) is 0 Å². The van der Waals surface area contributed by atoms with E-state index < -0.39 is 47.5 Å². The van der Waals surface area contributed by atoms with E-state index in [2.05, 4.69) is 75.8 Å². The first-order chi connectivity index (χ1) is 61.9. The molecule has 14 unspecified atom stereocenters. The lowest BCUT2D eigenvalue weighted by Crippen LogP contribution is -2.62. The quantitative estimate of drug-likeness (QED) is 0.0165. The molecule has 2 N–H and O–H groups in total. The molecule has 0 aromatic heterocycles. The topological polar surface area (TPSA) is 226 Å². The molecule has 14 atom stereocenters. The van der Waals surface area contributed by atoms with Gasteiger partial charge in [-0.1, -0.05) is 157 Å². The number of nitrogens with zero attached hydrogens (tertiary/aromatic N) is 4. The molecule has 10 aliphatic rings. The number of imide groups is 2. The van der Waals surface area contributed by atoms with Crippen molar-refractivity contribution in [3.63, 3.8) is 0 Å². The molecule has 0 spiro atoms. The van der Waals surface area contributed by atoms with Crippen molar-refractivity contribution in [1.82, 2.24) is 30.2 Å². The number of hydrogen-bond acceptors (Lipinski definition) is 16. The third-order valence-electron chi connectivity index (χ3n) is 29.9. The molecule has 4 saturated carbocycles. The summed E-state index contributed by atoms with van der Waals surface area (Å²) in [7, 11) is 0.